The van der Waals surface area contributed by atoms with E-state index in [-0.39, 0.29) is 24.0 Å². The predicted molar refractivity (Wildman–Crippen MR) is 143 cm³/mol. The first-order chi connectivity index (χ1) is 14.6. The van der Waals surface area contributed by atoms with Crippen LogP contribution in [0.5, 0.6) is 5.75 Å². The second kappa shape index (κ2) is 15.9. The van der Waals surface area contributed by atoms with Gasteiger partial charge in [0.05, 0.1) is 0 Å². The molecule has 1 aliphatic carbocycles. The number of nitrogens with one attached hydrogen (secondary N) is 2. The molecule has 3 atom stereocenters. The number of halogens is 1. The van der Waals surface area contributed by atoms with E-state index in [2.05, 4.69) is 46.5 Å². The Balaban J connectivity index is 0.00000480. The highest BCUT2D eigenvalue weighted by atomic mass is 127. The summed E-state index contributed by atoms with van der Waals surface area (Å²) in [6.45, 7) is 10.8. The fourth-order valence-electron chi connectivity index (χ4n) is 3.86. The van der Waals surface area contributed by atoms with E-state index in [0.717, 1.165) is 62.8 Å². The van der Waals surface area contributed by atoms with Gasteiger partial charge < -0.3 is 20.3 Å². The Kier molecular flexibility index (Phi) is 14.4. The zero-order valence-corrected chi connectivity index (χ0v) is 22.7. The van der Waals surface area contributed by atoms with Gasteiger partial charge in [-0.3, -0.25) is 9.20 Å². The summed E-state index contributed by atoms with van der Waals surface area (Å²) in [6.07, 6.45) is 4.27. The molecule has 1 aliphatic rings. The molecule has 6 nitrogen and oxygen atoms in total. The lowest BCUT2D eigenvalue weighted by atomic mass is 9.95. The molecule has 0 bridgehead atoms. The van der Waals surface area contributed by atoms with Gasteiger partial charge in [-0.25, -0.2) is 0 Å². The molecule has 0 amide bonds. The molecule has 0 radical (unpaired) electrons. The number of rotatable bonds is 11. The topological polar surface area (TPSA) is 66.0 Å². The number of likely N-dealkylation sites (N-methyl/N-ethyl adjacent to an activating group) is 1. The molecular formula is C23H41IN4O2S. The van der Waals surface area contributed by atoms with Crippen molar-refractivity contribution in [3.05, 3.63) is 29.8 Å². The maximum atomic E-state index is 12.2. The van der Waals surface area contributed by atoms with E-state index in [1.807, 2.05) is 19.1 Å². The second-order valence-electron chi connectivity index (χ2n) is 7.74. The fraction of sp³-hybridized carbons (Fsp3) is 0.696. The number of benzene rings is 1. The summed E-state index contributed by atoms with van der Waals surface area (Å²) in [5, 5.41) is 7.23. The van der Waals surface area contributed by atoms with Gasteiger partial charge in [0.1, 0.15) is 12.4 Å². The van der Waals surface area contributed by atoms with Crippen molar-refractivity contribution in [2.75, 3.05) is 39.0 Å². The highest BCUT2D eigenvalue weighted by Crippen LogP contribution is 2.23. The number of hydrogen-bond donors (Lipinski definition) is 2. The summed E-state index contributed by atoms with van der Waals surface area (Å²) in [5.74, 6) is 2.47. The summed E-state index contributed by atoms with van der Waals surface area (Å²) >= 11 is 0. The quantitative estimate of drug-likeness (QED) is 0.244. The van der Waals surface area contributed by atoms with E-state index in [1.165, 1.54) is 5.56 Å². The van der Waals surface area contributed by atoms with Crippen molar-refractivity contribution >= 4 is 40.7 Å². The predicted octanol–water partition coefficient (Wildman–Crippen LogP) is 3.77. The number of aliphatic imine (C=N–C) groups is 1. The average molecular weight is 565 g/mol. The lowest BCUT2D eigenvalue weighted by Gasteiger charge is -2.30. The van der Waals surface area contributed by atoms with Gasteiger partial charge in [0.15, 0.2) is 5.96 Å². The van der Waals surface area contributed by atoms with Gasteiger partial charge >= 0.3 is 0 Å². The Hall–Kier alpha value is -0.870. The minimum Gasteiger partial charge on any atom is -0.492 e. The molecule has 0 aliphatic heterocycles. The van der Waals surface area contributed by atoms with Crippen molar-refractivity contribution in [1.29, 1.82) is 0 Å². The van der Waals surface area contributed by atoms with Crippen molar-refractivity contribution in [1.82, 2.24) is 15.5 Å². The molecular weight excluding hydrogens is 523 g/mol. The van der Waals surface area contributed by atoms with E-state index < -0.39 is 10.8 Å². The minimum atomic E-state index is -0.708. The summed E-state index contributed by atoms with van der Waals surface area (Å²) < 4.78 is 18.0. The van der Waals surface area contributed by atoms with Crippen molar-refractivity contribution in [3.8, 4) is 5.75 Å². The van der Waals surface area contributed by atoms with Crippen LogP contribution in [0.25, 0.3) is 0 Å². The average Bonchev–Trinajstić information content (AvgIpc) is 2.80. The van der Waals surface area contributed by atoms with E-state index in [0.29, 0.717) is 24.4 Å². The molecule has 178 valence electrons. The molecule has 0 saturated heterocycles. The van der Waals surface area contributed by atoms with Crippen LogP contribution in [0.4, 0.5) is 0 Å². The van der Waals surface area contributed by atoms with Gasteiger partial charge in [0.25, 0.3) is 0 Å². The monoisotopic (exact) mass is 564 g/mol. The largest absolute Gasteiger partial charge is 0.492 e. The summed E-state index contributed by atoms with van der Waals surface area (Å²) in [6, 6.07) is 8.58. The normalized spacial score (nSPS) is 20.1. The fourth-order valence-corrected chi connectivity index (χ4v) is 5.21. The summed E-state index contributed by atoms with van der Waals surface area (Å²) in [5.41, 5.74) is 1.18. The van der Waals surface area contributed by atoms with E-state index in [9.17, 15) is 4.21 Å². The highest BCUT2D eigenvalue weighted by molar-refractivity contribution is 14.0. The van der Waals surface area contributed by atoms with Crippen molar-refractivity contribution in [2.45, 2.75) is 64.3 Å². The standard InChI is InChI=1S/C23H40N4O2S.HI/c1-5-27(6-2)15-16-29-21-13-11-19(12-14-21)18-25-23(24-4)26-20-9-8-10-22(17-20)30(28)7-3;/h11-14,20,22H,5-10,15-18H2,1-4H3,(H2,24,25,26);1H. The highest BCUT2D eigenvalue weighted by Gasteiger charge is 2.25. The van der Waals surface area contributed by atoms with Crippen LogP contribution in [0.1, 0.15) is 52.0 Å². The first kappa shape index (κ1) is 28.2. The van der Waals surface area contributed by atoms with Crippen LogP contribution >= 0.6 is 24.0 Å². The van der Waals surface area contributed by atoms with Crippen LogP contribution < -0.4 is 15.4 Å². The van der Waals surface area contributed by atoms with Gasteiger partial charge in [0.2, 0.25) is 0 Å². The van der Waals surface area contributed by atoms with E-state index in [4.69, 9.17) is 4.74 Å². The molecule has 1 aromatic rings. The third kappa shape index (κ3) is 10.1. The van der Waals surface area contributed by atoms with Crippen molar-refractivity contribution in [2.24, 2.45) is 4.99 Å². The van der Waals surface area contributed by atoms with E-state index in [1.54, 1.807) is 7.05 Å². The Morgan fingerprint density at radius 2 is 1.90 bits per heavy atom. The summed E-state index contributed by atoms with van der Waals surface area (Å²) in [7, 11) is 1.09. The van der Waals surface area contributed by atoms with Gasteiger partial charge in [-0.2, -0.15) is 0 Å². The molecule has 2 rings (SSSR count). The molecule has 1 saturated carbocycles. The molecule has 31 heavy (non-hydrogen) atoms. The molecule has 0 aromatic heterocycles. The Morgan fingerprint density at radius 3 is 2.52 bits per heavy atom. The van der Waals surface area contributed by atoms with Crippen LogP contribution in [-0.4, -0.2) is 65.4 Å². The minimum absolute atomic E-state index is 0. The van der Waals surface area contributed by atoms with Gasteiger partial charge in [-0.05, 0) is 50.0 Å². The number of hydrogen-bond acceptors (Lipinski definition) is 4. The third-order valence-corrected chi connectivity index (χ3v) is 7.54. The van der Waals surface area contributed by atoms with Gasteiger partial charge in [-0.15, -0.1) is 24.0 Å². The van der Waals surface area contributed by atoms with Crippen LogP contribution in [0, 0.1) is 0 Å². The second-order valence-corrected chi connectivity index (χ2v) is 9.75. The number of nitrogens with zero attached hydrogens (tertiary/aromatic N) is 2. The SMILES string of the molecule is CCN(CC)CCOc1ccc(CNC(=NC)NC2CCCC(S(=O)CC)C2)cc1.I. The zero-order chi connectivity index (χ0) is 21.8. The Labute approximate surface area is 208 Å². The van der Waals surface area contributed by atoms with Crippen molar-refractivity contribution < 1.29 is 8.95 Å². The first-order valence-electron chi connectivity index (χ1n) is 11.4. The molecule has 0 spiro atoms. The van der Waals surface area contributed by atoms with Crippen molar-refractivity contribution in [3.63, 3.8) is 0 Å². The lowest BCUT2D eigenvalue weighted by Crippen LogP contribution is -2.46. The number of ether oxygens (including phenoxy) is 1. The maximum Gasteiger partial charge on any atom is 0.191 e. The smallest absolute Gasteiger partial charge is 0.191 e. The maximum absolute atomic E-state index is 12.2. The van der Waals surface area contributed by atoms with Crippen LogP contribution in [0.2, 0.25) is 0 Å². The number of guanidine groups is 1. The third-order valence-electron chi connectivity index (χ3n) is 5.80. The molecule has 8 heteroatoms. The van der Waals surface area contributed by atoms with Crippen LogP contribution in [0.3, 0.4) is 0 Å². The molecule has 0 heterocycles. The van der Waals surface area contributed by atoms with Crippen LogP contribution in [0.15, 0.2) is 29.3 Å². The first-order valence-corrected chi connectivity index (χ1v) is 12.8. The van der Waals surface area contributed by atoms with E-state index >= 15 is 0 Å². The zero-order valence-electron chi connectivity index (χ0n) is 19.6. The molecule has 3 unspecified atom stereocenters. The van der Waals surface area contributed by atoms with Gasteiger partial charge in [-0.1, -0.05) is 39.3 Å². The lowest BCUT2D eigenvalue weighted by molar-refractivity contribution is 0.223. The summed E-state index contributed by atoms with van der Waals surface area (Å²) in [4.78, 5) is 6.72. The molecule has 1 fully saturated rings. The van der Waals surface area contributed by atoms with Gasteiger partial charge in [0, 0.05) is 48.0 Å². The Morgan fingerprint density at radius 1 is 1.19 bits per heavy atom. The van der Waals surface area contributed by atoms with Crippen LogP contribution in [-0.2, 0) is 17.3 Å². The molecule has 2 N–H and O–H groups in total. The Bertz CT molecular complexity index is 668. The molecule has 1 aromatic carbocycles.